The first kappa shape index (κ1) is 18.4. The van der Waals surface area contributed by atoms with Crippen molar-refractivity contribution in [2.24, 2.45) is 5.92 Å². The molecule has 2 atom stereocenters. The highest BCUT2D eigenvalue weighted by Gasteiger charge is 2.28. The topological polar surface area (TPSA) is 67.5 Å². The molecule has 0 aromatic carbocycles. The van der Waals surface area contributed by atoms with Crippen LogP contribution in [-0.2, 0) is 4.74 Å². The van der Waals surface area contributed by atoms with Gasteiger partial charge in [-0.05, 0) is 51.7 Å². The summed E-state index contributed by atoms with van der Waals surface area (Å²) >= 11 is 0. The van der Waals surface area contributed by atoms with Gasteiger partial charge in [-0.3, -0.25) is 4.90 Å². The number of nitrogens with zero attached hydrogens (tertiary/aromatic N) is 5. The fraction of sp³-hybridized carbons (Fsp3) is 0.650. The monoisotopic (exact) mass is 371 g/mol. The molecule has 0 radical (unpaired) electrons. The number of aryl methyl sites for hydroxylation is 1. The Bertz CT molecular complexity index is 746. The number of aromatic nitrogens is 3. The molecular weight excluding hydrogens is 342 g/mol. The molecule has 2 aromatic heterocycles. The lowest BCUT2D eigenvalue weighted by Crippen LogP contribution is -2.48. The number of anilines is 1. The molecule has 7 nitrogen and oxygen atoms in total. The Morgan fingerprint density at radius 2 is 1.89 bits per heavy atom. The van der Waals surface area contributed by atoms with E-state index in [2.05, 4.69) is 38.8 Å². The fourth-order valence-corrected chi connectivity index (χ4v) is 4.35. The maximum Gasteiger partial charge on any atom is 0.261 e. The van der Waals surface area contributed by atoms with Crippen LogP contribution in [0.2, 0.25) is 0 Å². The van der Waals surface area contributed by atoms with Crippen molar-refractivity contribution in [3.8, 4) is 11.5 Å². The molecule has 2 aliphatic heterocycles. The van der Waals surface area contributed by atoms with Crippen LogP contribution in [0.5, 0.6) is 0 Å². The molecule has 4 heterocycles. The first-order valence-corrected chi connectivity index (χ1v) is 9.97. The van der Waals surface area contributed by atoms with Gasteiger partial charge in [-0.15, -0.1) is 0 Å². The van der Waals surface area contributed by atoms with Crippen LogP contribution < -0.4 is 4.90 Å². The molecule has 0 amide bonds. The number of pyridine rings is 1. The highest BCUT2D eigenvalue weighted by atomic mass is 16.5. The Kier molecular flexibility index (Phi) is 5.41. The second-order valence-corrected chi connectivity index (χ2v) is 7.93. The molecule has 146 valence electrons. The van der Waals surface area contributed by atoms with Crippen LogP contribution in [0.25, 0.3) is 11.5 Å². The molecule has 0 spiro atoms. The third kappa shape index (κ3) is 4.30. The van der Waals surface area contributed by atoms with E-state index in [1.165, 1.54) is 19.4 Å². The summed E-state index contributed by atoms with van der Waals surface area (Å²) in [6.07, 6.45) is 4.87. The van der Waals surface area contributed by atoms with E-state index < -0.39 is 0 Å². The smallest absolute Gasteiger partial charge is 0.261 e. The summed E-state index contributed by atoms with van der Waals surface area (Å²) in [5, 5.41) is 3.92. The van der Waals surface area contributed by atoms with E-state index >= 15 is 0 Å². The van der Waals surface area contributed by atoms with Crippen molar-refractivity contribution in [2.45, 2.75) is 45.8 Å². The molecule has 0 N–H and O–H groups in total. The van der Waals surface area contributed by atoms with Gasteiger partial charge in [0.15, 0.2) is 5.82 Å². The zero-order chi connectivity index (χ0) is 18.8. The first-order valence-electron chi connectivity index (χ1n) is 9.97. The lowest BCUT2D eigenvalue weighted by molar-refractivity contribution is -0.0720. The average molecular weight is 371 g/mol. The molecule has 2 fully saturated rings. The summed E-state index contributed by atoms with van der Waals surface area (Å²) in [6.45, 7) is 11.5. The lowest BCUT2D eigenvalue weighted by atomic mass is 9.95. The minimum atomic E-state index is 0.336. The molecule has 2 unspecified atom stereocenters. The number of hydrogen-bond acceptors (Lipinski definition) is 7. The lowest BCUT2D eigenvalue weighted by Gasteiger charge is -2.39. The Balaban J connectivity index is 1.39. The molecule has 0 bridgehead atoms. The van der Waals surface area contributed by atoms with Crippen molar-refractivity contribution >= 4 is 5.82 Å². The predicted octanol–water partition coefficient (Wildman–Crippen LogP) is 2.77. The van der Waals surface area contributed by atoms with Crippen LogP contribution in [0.3, 0.4) is 0 Å². The number of ether oxygens (including phenoxy) is 1. The molecule has 0 aliphatic carbocycles. The largest absolute Gasteiger partial charge is 0.373 e. The van der Waals surface area contributed by atoms with Crippen LogP contribution in [0.1, 0.15) is 32.5 Å². The van der Waals surface area contributed by atoms with Gasteiger partial charge >= 0.3 is 0 Å². The highest BCUT2D eigenvalue weighted by Crippen LogP contribution is 2.31. The molecule has 2 aromatic rings. The van der Waals surface area contributed by atoms with Gasteiger partial charge in [0.2, 0.25) is 0 Å². The maximum atomic E-state index is 5.86. The van der Waals surface area contributed by atoms with E-state index in [0.717, 1.165) is 43.5 Å². The third-order valence-corrected chi connectivity index (χ3v) is 5.47. The van der Waals surface area contributed by atoms with Gasteiger partial charge in [0.25, 0.3) is 5.89 Å². The van der Waals surface area contributed by atoms with Crippen molar-refractivity contribution in [1.29, 1.82) is 0 Å². The molecular formula is C20H29N5O2. The third-order valence-electron chi connectivity index (χ3n) is 5.47. The standard InChI is InChI=1S/C20H29N5O2/c1-14-11-24(12-15(2)26-14)13-17-6-9-25(10-7-17)19-18(5-4-8-21-19)20-22-16(3)23-27-20/h4-5,8,14-15,17H,6-7,9-13H2,1-3H3. The molecule has 0 saturated carbocycles. The number of piperidine rings is 1. The maximum absolute atomic E-state index is 5.86. The number of morpholine rings is 1. The second-order valence-electron chi connectivity index (χ2n) is 7.93. The molecule has 7 heteroatoms. The summed E-state index contributed by atoms with van der Waals surface area (Å²) < 4.78 is 11.2. The van der Waals surface area contributed by atoms with E-state index in [9.17, 15) is 0 Å². The minimum Gasteiger partial charge on any atom is -0.373 e. The number of hydrogen-bond donors (Lipinski definition) is 0. The van der Waals surface area contributed by atoms with E-state index in [1.54, 1.807) is 0 Å². The van der Waals surface area contributed by atoms with Gasteiger partial charge in [0.1, 0.15) is 5.82 Å². The van der Waals surface area contributed by atoms with Gasteiger partial charge < -0.3 is 14.2 Å². The highest BCUT2D eigenvalue weighted by molar-refractivity contribution is 5.69. The van der Waals surface area contributed by atoms with Crippen molar-refractivity contribution in [3.05, 3.63) is 24.2 Å². The quantitative estimate of drug-likeness (QED) is 0.818. The van der Waals surface area contributed by atoms with Crippen LogP contribution in [0.4, 0.5) is 5.82 Å². The van der Waals surface area contributed by atoms with Crippen molar-refractivity contribution < 1.29 is 9.26 Å². The normalized spacial score (nSPS) is 25.1. The van der Waals surface area contributed by atoms with Crippen molar-refractivity contribution in [2.75, 3.05) is 37.6 Å². The molecule has 2 aliphatic rings. The zero-order valence-corrected chi connectivity index (χ0v) is 16.5. The van der Waals surface area contributed by atoms with Crippen molar-refractivity contribution in [1.82, 2.24) is 20.0 Å². The van der Waals surface area contributed by atoms with E-state index in [0.29, 0.717) is 23.9 Å². The SMILES string of the molecule is Cc1noc(-c2cccnc2N2CCC(CN3CC(C)OC(C)C3)CC2)n1. The zero-order valence-electron chi connectivity index (χ0n) is 16.5. The fourth-order valence-electron chi connectivity index (χ4n) is 4.35. The van der Waals surface area contributed by atoms with Crippen LogP contribution >= 0.6 is 0 Å². The van der Waals surface area contributed by atoms with Crippen LogP contribution in [0.15, 0.2) is 22.9 Å². The van der Waals surface area contributed by atoms with Crippen LogP contribution in [0, 0.1) is 12.8 Å². The number of rotatable bonds is 4. The first-order chi connectivity index (χ1) is 13.1. The Morgan fingerprint density at radius 3 is 2.56 bits per heavy atom. The van der Waals surface area contributed by atoms with Gasteiger partial charge in [0.05, 0.1) is 17.8 Å². The summed E-state index contributed by atoms with van der Waals surface area (Å²) in [5.41, 5.74) is 0.923. The van der Waals surface area contributed by atoms with E-state index in [4.69, 9.17) is 9.26 Å². The minimum absolute atomic E-state index is 0.336. The summed E-state index contributed by atoms with van der Waals surface area (Å²) in [5.74, 6) is 2.88. The molecule has 4 rings (SSSR count). The van der Waals surface area contributed by atoms with Gasteiger partial charge in [-0.2, -0.15) is 4.98 Å². The van der Waals surface area contributed by atoms with Gasteiger partial charge in [0, 0.05) is 38.9 Å². The Hall–Kier alpha value is -1.99. The predicted molar refractivity (Wildman–Crippen MR) is 104 cm³/mol. The van der Waals surface area contributed by atoms with Gasteiger partial charge in [-0.1, -0.05) is 5.16 Å². The van der Waals surface area contributed by atoms with E-state index in [-0.39, 0.29) is 0 Å². The van der Waals surface area contributed by atoms with Gasteiger partial charge in [-0.25, -0.2) is 4.98 Å². The second kappa shape index (κ2) is 7.94. The van der Waals surface area contributed by atoms with E-state index in [1.807, 2.05) is 25.3 Å². The Labute approximate surface area is 160 Å². The molecule has 2 saturated heterocycles. The summed E-state index contributed by atoms with van der Waals surface area (Å²) in [7, 11) is 0. The molecule has 27 heavy (non-hydrogen) atoms. The summed E-state index contributed by atoms with van der Waals surface area (Å²) in [6, 6.07) is 3.93. The Morgan fingerprint density at radius 1 is 1.15 bits per heavy atom. The van der Waals surface area contributed by atoms with Crippen molar-refractivity contribution in [3.63, 3.8) is 0 Å². The summed E-state index contributed by atoms with van der Waals surface area (Å²) in [4.78, 5) is 13.9. The van der Waals surface area contributed by atoms with Crippen LogP contribution in [-0.4, -0.2) is 65.0 Å². The average Bonchev–Trinajstić information content (AvgIpc) is 3.08.